The van der Waals surface area contributed by atoms with Crippen molar-refractivity contribution in [3.8, 4) is 11.8 Å². The Morgan fingerprint density at radius 3 is 3.06 bits per heavy atom. The number of hydrogen-bond donors (Lipinski definition) is 1. The molecule has 0 unspecified atom stereocenters. The molecule has 0 amide bonds. The zero-order valence-corrected chi connectivity index (χ0v) is 10.5. The van der Waals surface area contributed by atoms with E-state index in [2.05, 4.69) is 39.6 Å². The molecule has 1 aromatic heterocycles. The van der Waals surface area contributed by atoms with Crippen molar-refractivity contribution >= 4 is 11.8 Å². The molecular formula is C10H17N5S. The molecule has 0 aromatic carbocycles. The summed E-state index contributed by atoms with van der Waals surface area (Å²) in [5, 5.41) is 15.7. The highest BCUT2D eigenvalue weighted by molar-refractivity contribution is 7.99. The average Bonchev–Trinajstić information content (AvgIpc) is 2.73. The van der Waals surface area contributed by atoms with E-state index in [0.717, 1.165) is 37.0 Å². The zero-order valence-electron chi connectivity index (χ0n) is 9.73. The molecule has 6 heteroatoms. The van der Waals surface area contributed by atoms with E-state index in [1.807, 2.05) is 11.6 Å². The van der Waals surface area contributed by atoms with Gasteiger partial charge in [0.1, 0.15) is 0 Å². The fraction of sp³-hybridized carbons (Fsp3) is 0.700. The van der Waals surface area contributed by atoms with Crippen molar-refractivity contribution in [3.63, 3.8) is 0 Å². The van der Waals surface area contributed by atoms with Gasteiger partial charge in [-0.15, -0.1) is 11.0 Å². The Labute approximate surface area is 100 Å². The third-order valence-electron chi connectivity index (χ3n) is 1.88. The van der Waals surface area contributed by atoms with Gasteiger partial charge in [0.05, 0.1) is 12.3 Å². The minimum Gasteiger partial charge on any atom is -0.315 e. The van der Waals surface area contributed by atoms with Gasteiger partial charge in [0, 0.05) is 6.54 Å². The van der Waals surface area contributed by atoms with Gasteiger partial charge < -0.3 is 5.32 Å². The lowest BCUT2D eigenvalue weighted by Crippen LogP contribution is -2.21. The van der Waals surface area contributed by atoms with E-state index in [1.165, 1.54) is 0 Å². The molecule has 0 radical (unpaired) electrons. The second-order valence-electron chi connectivity index (χ2n) is 3.15. The predicted molar refractivity (Wildman–Crippen MR) is 65.2 cm³/mol. The van der Waals surface area contributed by atoms with Crippen LogP contribution in [0.25, 0.3) is 0 Å². The van der Waals surface area contributed by atoms with Crippen LogP contribution in [0.2, 0.25) is 0 Å². The Kier molecular flexibility index (Phi) is 6.61. The maximum Gasteiger partial charge on any atom is 0.210 e. The largest absolute Gasteiger partial charge is 0.315 e. The van der Waals surface area contributed by atoms with E-state index in [1.54, 1.807) is 11.8 Å². The van der Waals surface area contributed by atoms with Gasteiger partial charge in [-0.25, -0.2) is 4.68 Å². The van der Waals surface area contributed by atoms with Crippen LogP contribution < -0.4 is 5.32 Å². The van der Waals surface area contributed by atoms with Crippen molar-refractivity contribution in [1.29, 1.82) is 0 Å². The lowest BCUT2D eigenvalue weighted by molar-refractivity contribution is 0.511. The second kappa shape index (κ2) is 8.13. The standard InChI is InChI=1S/C10H17N5S/c1-3-5-9-16-10-12-13-14-15(10)8-7-11-6-4-2/h11H,4,6-9H2,1-2H3. The van der Waals surface area contributed by atoms with E-state index >= 15 is 0 Å². The summed E-state index contributed by atoms with van der Waals surface area (Å²) in [6.45, 7) is 6.71. The minimum atomic E-state index is 0.735. The highest BCUT2D eigenvalue weighted by Crippen LogP contribution is 2.11. The first kappa shape index (κ1) is 13.0. The van der Waals surface area contributed by atoms with Crippen molar-refractivity contribution < 1.29 is 0 Å². The van der Waals surface area contributed by atoms with E-state index in [0.29, 0.717) is 0 Å². The summed E-state index contributed by atoms with van der Waals surface area (Å²) in [5.74, 6) is 6.56. The molecule has 0 aliphatic carbocycles. The van der Waals surface area contributed by atoms with Crippen LogP contribution in [0.1, 0.15) is 20.3 Å². The maximum atomic E-state index is 3.96. The van der Waals surface area contributed by atoms with E-state index < -0.39 is 0 Å². The van der Waals surface area contributed by atoms with Crippen LogP contribution in [-0.4, -0.2) is 39.0 Å². The van der Waals surface area contributed by atoms with Gasteiger partial charge in [-0.05, 0) is 30.3 Å². The first-order valence-electron chi connectivity index (χ1n) is 5.37. The van der Waals surface area contributed by atoms with Gasteiger partial charge in [-0.2, -0.15) is 0 Å². The molecule has 5 nitrogen and oxygen atoms in total. The summed E-state index contributed by atoms with van der Waals surface area (Å²) < 4.78 is 1.81. The van der Waals surface area contributed by atoms with Gasteiger partial charge >= 0.3 is 0 Å². The minimum absolute atomic E-state index is 0.735. The van der Waals surface area contributed by atoms with Gasteiger partial charge in [-0.1, -0.05) is 24.6 Å². The first-order valence-corrected chi connectivity index (χ1v) is 6.36. The molecule has 88 valence electrons. The maximum absolute atomic E-state index is 3.96. The number of rotatable bonds is 7. The smallest absolute Gasteiger partial charge is 0.210 e. The Balaban J connectivity index is 2.33. The lowest BCUT2D eigenvalue weighted by atomic mass is 10.5. The summed E-state index contributed by atoms with van der Waals surface area (Å²) >= 11 is 1.57. The van der Waals surface area contributed by atoms with Crippen LogP contribution in [0.4, 0.5) is 0 Å². The molecule has 1 heterocycles. The summed E-state index contributed by atoms with van der Waals surface area (Å²) in [7, 11) is 0. The molecule has 0 saturated carbocycles. The fourth-order valence-electron chi connectivity index (χ4n) is 1.10. The summed E-state index contributed by atoms with van der Waals surface area (Å²) in [6, 6.07) is 0. The highest BCUT2D eigenvalue weighted by Gasteiger charge is 2.04. The van der Waals surface area contributed by atoms with E-state index in [-0.39, 0.29) is 0 Å². The van der Waals surface area contributed by atoms with E-state index in [9.17, 15) is 0 Å². The topological polar surface area (TPSA) is 55.6 Å². The Bertz CT molecular complexity index is 352. The van der Waals surface area contributed by atoms with Crippen molar-refractivity contribution in [3.05, 3.63) is 0 Å². The third kappa shape index (κ3) is 4.64. The number of thioether (sulfide) groups is 1. The van der Waals surface area contributed by atoms with Gasteiger partial charge in [0.2, 0.25) is 5.16 Å². The molecule has 0 atom stereocenters. The molecule has 16 heavy (non-hydrogen) atoms. The number of hydrogen-bond acceptors (Lipinski definition) is 5. The van der Waals surface area contributed by atoms with Crippen LogP contribution in [0.3, 0.4) is 0 Å². The SMILES string of the molecule is CC#CCSc1nnnn1CCNCCC. The molecule has 0 fully saturated rings. The van der Waals surface area contributed by atoms with E-state index in [4.69, 9.17) is 0 Å². The molecule has 0 spiro atoms. The molecule has 1 rings (SSSR count). The predicted octanol–water partition coefficient (Wildman–Crippen LogP) is 0.788. The molecule has 0 saturated heterocycles. The lowest BCUT2D eigenvalue weighted by Gasteiger charge is -2.03. The zero-order chi connectivity index (χ0) is 11.6. The van der Waals surface area contributed by atoms with Crippen LogP contribution in [0, 0.1) is 11.8 Å². The number of nitrogens with zero attached hydrogens (tertiary/aromatic N) is 4. The van der Waals surface area contributed by atoms with Crippen LogP contribution in [0.15, 0.2) is 5.16 Å². The van der Waals surface area contributed by atoms with Crippen molar-refractivity contribution in [1.82, 2.24) is 25.5 Å². The van der Waals surface area contributed by atoms with Crippen molar-refractivity contribution in [2.75, 3.05) is 18.8 Å². The molecule has 0 bridgehead atoms. The third-order valence-corrected chi connectivity index (χ3v) is 2.72. The van der Waals surface area contributed by atoms with Crippen LogP contribution in [0.5, 0.6) is 0 Å². The second-order valence-corrected chi connectivity index (χ2v) is 4.09. The molecule has 0 aliphatic rings. The monoisotopic (exact) mass is 239 g/mol. The number of aromatic nitrogens is 4. The number of tetrazole rings is 1. The first-order chi connectivity index (χ1) is 7.88. The normalized spacial score (nSPS) is 9.88. The Morgan fingerprint density at radius 2 is 2.31 bits per heavy atom. The summed E-state index contributed by atoms with van der Waals surface area (Å²) in [6.07, 6.45) is 1.14. The van der Waals surface area contributed by atoms with Gasteiger partial charge in [0.25, 0.3) is 0 Å². The Morgan fingerprint density at radius 1 is 1.44 bits per heavy atom. The average molecular weight is 239 g/mol. The van der Waals surface area contributed by atoms with Gasteiger partial charge in [-0.3, -0.25) is 0 Å². The number of nitrogens with one attached hydrogen (secondary N) is 1. The van der Waals surface area contributed by atoms with Crippen molar-refractivity contribution in [2.24, 2.45) is 0 Å². The quantitative estimate of drug-likeness (QED) is 0.433. The molecule has 1 aromatic rings. The molecular weight excluding hydrogens is 222 g/mol. The van der Waals surface area contributed by atoms with Crippen LogP contribution >= 0.6 is 11.8 Å². The molecule has 1 N–H and O–H groups in total. The van der Waals surface area contributed by atoms with Gasteiger partial charge in [0.15, 0.2) is 0 Å². The summed E-state index contributed by atoms with van der Waals surface area (Å²) in [4.78, 5) is 0. The van der Waals surface area contributed by atoms with Crippen LogP contribution in [-0.2, 0) is 6.54 Å². The van der Waals surface area contributed by atoms with Crippen molar-refractivity contribution in [2.45, 2.75) is 32.0 Å². The molecule has 0 aliphatic heterocycles. The highest BCUT2D eigenvalue weighted by atomic mass is 32.2. The summed E-state index contributed by atoms with van der Waals surface area (Å²) in [5.41, 5.74) is 0. The Hall–Kier alpha value is -1.06. The fourth-order valence-corrected chi connectivity index (χ4v) is 1.82.